The van der Waals surface area contributed by atoms with Gasteiger partial charge in [0.1, 0.15) is 17.5 Å². The number of benzene rings is 2. The van der Waals surface area contributed by atoms with E-state index < -0.39 is 23.4 Å². The van der Waals surface area contributed by atoms with Crippen LogP contribution < -0.4 is 4.74 Å². The minimum atomic E-state index is -1.10. The standard InChI is InChI=1S/C23H27ClO5/c1-2-28-18-6-3-15(4-7-18)11-16-12-17(5-8-19(16)24)22-9-10-23(14-25,29-22)21(27)20(26)13-22/h3-8,12,20-21,25-27H,2,9-11,13-14H2,1H3/t20-,21+,22-,23-/m1/s1. The molecule has 6 heteroatoms. The van der Waals surface area contributed by atoms with E-state index in [1.807, 2.05) is 49.4 Å². The van der Waals surface area contributed by atoms with Gasteiger partial charge in [0.25, 0.3) is 0 Å². The molecule has 2 aromatic rings. The van der Waals surface area contributed by atoms with Crippen LogP contribution in [0.2, 0.25) is 5.02 Å². The number of aliphatic hydroxyl groups is 3. The largest absolute Gasteiger partial charge is 0.494 e. The van der Waals surface area contributed by atoms with Crippen LogP contribution in [0.5, 0.6) is 5.75 Å². The lowest BCUT2D eigenvalue weighted by Crippen LogP contribution is -2.57. The van der Waals surface area contributed by atoms with Gasteiger partial charge in [-0.05, 0) is 61.1 Å². The van der Waals surface area contributed by atoms with Crippen molar-refractivity contribution in [1.82, 2.24) is 0 Å². The molecule has 2 aromatic carbocycles. The molecular formula is C23H27ClO5. The van der Waals surface area contributed by atoms with E-state index >= 15 is 0 Å². The first-order chi connectivity index (χ1) is 13.9. The molecule has 2 aliphatic rings. The summed E-state index contributed by atoms with van der Waals surface area (Å²) in [6.07, 6.45) is 0.0537. The topological polar surface area (TPSA) is 79.2 Å². The molecule has 4 atom stereocenters. The molecule has 0 aromatic heterocycles. The third-order valence-electron chi connectivity index (χ3n) is 6.26. The Morgan fingerprint density at radius 3 is 2.59 bits per heavy atom. The van der Waals surface area contributed by atoms with Crippen LogP contribution in [0.25, 0.3) is 0 Å². The molecule has 2 saturated heterocycles. The molecule has 2 fully saturated rings. The van der Waals surface area contributed by atoms with Crippen molar-refractivity contribution < 1.29 is 24.8 Å². The molecule has 0 spiro atoms. The molecule has 2 heterocycles. The second kappa shape index (κ2) is 7.89. The van der Waals surface area contributed by atoms with Crippen molar-refractivity contribution in [2.24, 2.45) is 0 Å². The average Bonchev–Trinajstić information content (AvgIpc) is 3.07. The molecule has 0 unspecified atom stereocenters. The van der Waals surface area contributed by atoms with E-state index in [-0.39, 0.29) is 6.61 Å². The Kier molecular flexibility index (Phi) is 5.62. The van der Waals surface area contributed by atoms with Crippen LogP contribution in [0, 0.1) is 0 Å². The van der Waals surface area contributed by atoms with E-state index in [1.54, 1.807) is 0 Å². The third-order valence-corrected chi connectivity index (χ3v) is 6.63. The molecule has 3 N–H and O–H groups in total. The lowest BCUT2D eigenvalue weighted by molar-refractivity contribution is -0.246. The maximum absolute atomic E-state index is 10.4. The number of hydrogen-bond donors (Lipinski definition) is 3. The van der Waals surface area contributed by atoms with Crippen molar-refractivity contribution >= 4 is 11.6 Å². The predicted octanol–water partition coefficient (Wildman–Crippen LogP) is 3.19. The summed E-state index contributed by atoms with van der Waals surface area (Å²) >= 11 is 6.48. The second-order valence-corrected chi connectivity index (χ2v) is 8.50. The molecule has 4 rings (SSSR count). The Morgan fingerprint density at radius 2 is 1.90 bits per heavy atom. The Balaban J connectivity index is 1.62. The molecular weight excluding hydrogens is 392 g/mol. The van der Waals surface area contributed by atoms with Crippen LogP contribution in [-0.2, 0) is 16.8 Å². The molecule has 0 radical (unpaired) electrons. The van der Waals surface area contributed by atoms with E-state index in [0.29, 0.717) is 37.3 Å². The second-order valence-electron chi connectivity index (χ2n) is 8.10. The maximum Gasteiger partial charge on any atom is 0.121 e. The molecule has 5 nitrogen and oxygen atoms in total. The highest BCUT2D eigenvalue weighted by Gasteiger charge is 2.60. The minimum absolute atomic E-state index is 0.292. The number of fused-ring (bicyclic) bond motifs is 2. The third kappa shape index (κ3) is 3.66. The normalized spacial score (nSPS) is 31.1. The molecule has 156 valence electrons. The van der Waals surface area contributed by atoms with Gasteiger partial charge >= 0.3 is 0 Å². The minimum Gasteiger partial charge on any atom is -0.494 e. The number of halogens is 1. The van der Waals surface area contributed by atoms with E-state index in [2.05, 4.69) is 0 Å². The molecule has 2 aliphatic heterocycles. The summed E-state index contributed by atoms with van der Waals surface area (Å²) in [6.45, 7) is 2.27. The van der Waals surface area contributed by atoms with Crippen LogP contribution in [0.3, 0.4) is 0 Å². The zero-order chi connectivity index (χ0) is 20.6. The molecule has 29 heavy (non-hydrogen) atoms. The monoisotopic (exact) mass is 418 g/mol. The Bertz CT molecular complexity index is 870. The summed E-state index contributed by atoms with van der Waals surface area (Å²) in [5.74, 6) is 0.837. The Hall–Kier alpha value is -1.63. The zero-order valence-corrected chi connectivity index (χ0v) is 17.2. The number of aliphatic hydroxyl groups excluding tert-OH is 3. The van der Waals surface area contributed by atoms with Gasteiger partial charge in [0.15, 0.2) is 0 Å². The van der Waals surface area contributed by atoms with Gasteiger partial charge in [0.2, 0.25) is 0 Å². The SMILES string of the molecule is CCOc1ccc(Cc2cc([C@]34CC[C@](CO)(O3)[C@@H](O)[C@H](O)C4)ccc2Cl)cc1. The van der Waals surface area contributed by atoms with Gasteiger partial charge < -0.3 is 24.8 Å². The van der Waals surface area contributed by atoms with Crippen LogP contribution in [0.15, 0.2) is 42.5 Å². The first-order valence-corrected chi connectivity index (χ1v) is 10.5. The van der Waals surface area contributed by atoms with Crippen molar-refractivity contribution in [2.75, 3.05) is 13.2 Å². The molecule has 0 aliphatic carbocycles. The quantitative estimate of drug-likeness (QED) is 0.671. The number of hydrogen-bond acceptors (Lipinski definition) is 5. The Labute approximate surface area is 175 Å². The van der Waals surface area contributed by atoms with Gasteiger partial charge in [0.05, 0.1) is 24.9 Å². The fraction of sp³-hybridized carbons (Fsp3) is 0.478. The smallest absolute Gasteiger partial charge is 0.121 e. The molecule has 0 amide bonds. The fourth-order valence-electron chi connectivity index (χ4n) is 4.67. The number of rotatable bonds is 6. The average molecular weight is 419 g/mol. The van der Waals surface area contributed by atoms with Crippen LogP contribution in [0.1, 0.15) is 42.9 Å². The highest BCUT2D eigenvalue weighted by atomic mass is 35.5. The highest BCUT2D eigenvalue weighted by Crippen LogP contribution is 2.53. The van der Waals surface area contributed by atoms with Crippen molar-refractivity contribution in [3.8, 4) is 5.75 Å². The first kappa shape index (κ1) is 20.6. The maximum atomic E-state index is 10.4. The zero-order valence-electron chi connectivity index (χ0n) is 16.5. The van der Waals surface area contributed by atoms with Crippen molar-refractivity contribution in [2.45, 2.75) is 56.0 Å². The summed E-state index contributed by atoms with van der Waals surface area (Å²) in [5.41, 5.74) is 1.17. The fourth-order valence-corrected chi connectivity index (χ4v) is 4.85. The van der Waals surface area contributed by atoms with E-state index in [1.165, 1.54) is 0 Å². The lowest BCUT2D eigenvalue weighted by atomic mass is 9.83. The van der Waals surface area contributed by atoms with Crippen LogP contribution in [-0.4, -0.2) is 46.3 Å². The van der Waals surface area contributed by atoms with Crippen LogP contribution in [0.4, 0.5) is 0 Å². The van der Waals surface area contributed by atoms with Gasteiger partial charge in [-0.1, -0.05) is 35.9 Å². The van der Waals surface area contributed by atoms with E-state index in [4.69, 9.17) is 21.1 Å². The van der Waals surface area contributed by atoms with Gasteiger partial charge in [-0.2, -0.15) is 0 Å². The predicted molar refractivity (Wildman–Crippen MR) is 110 cm³/mol. The summed E-state index contributed by atoms with van der Waals surface area (Å²) < 4.78 is 11.8. The first-order valence-electron chi connectivity index (χ1n) is 10.1. The number of ether oxygens (including phenoxy) is 2. The van der Waals surface area contributed by atoms with Gasteiger partial charge in [-0.15, -0.1) is 0 Å². The van der Waals surface area contributed by atoms with Crippen molar-refractivity contribution in [3.63, 3.8) is 0 Å². The lowest BCUT2D eigenvalue weighted by Gasteiger charge is -2.45. The van der Waals surface area contributed by atoms with Crippen molar-refractivity contribution in [1.29, 1.82) is 0 Å². The van der Waals surface area contributed by atoms with Crippen LogP contribution >= 0.6 is 11.6 Å². The van der Waals surface area contributed by atoms with E-state index in [9.17, 15) is 15.3 Å². The highest BCUT2D eigenvalue weighted by molar-refractivity contribution is 6.31. The van der Waals surface area contributed by atoms with Crippen molar-refractivity contribution in [3.05, 3.63) is 64.2 Å². The summed E-state index contributed by atoms with van der Waals surface area (Å²) in [5, 5.41) is 31.3. The van der Waals surface area contributed by atoms with Gasteiger partial charge in [0, 0.05) is 11.4 Å². The molecule has 0 saturated carbocycles. The van der Waals surface area contributed by atoms with E-state index in [0.717, 1.165) is 22.4 Å². The van der Waals surface area contributed by atoms with Gasteiger partial charge in [-0.3, -0.25) is 0 Å². The summed E-state index contributed by atoms with van der Waals surface area (Å²) in [6, 6.07) is 13.7. The Morgan fingerprint density at radius 1 is 1.14 bits per heavy atom. The summed E-state index contributed by atoms with van der Waals surface area (Å²) in [4.78, 5) is 0. The summed E-state index contributed by atoms with van der Waals surface area (Å²) in [7, 11) is 0. The van der Waals surface area contributed by atoms with Gasteiger partial charge in [-0.25, -0.2) is 0 Å². The molecule has 2 bridgehead atoms.